The first kappa shape index (κ1) is 19.5. The molecule has 0 aromatic carbocycles. The van der Waals surface area contributed by atoms with Crippen LogP contribution in [-0.2, 0) is 6.42 Å². The summed E-state index contributed by atoms with van der Waals surface area (Å²) in [6.07, 6.45) is 14.7. The van der Waals surface area contributed by atoms with Gasteiger partial charge in [-0.15, -0.1) is 0 Å². The van der Waals surface area contributed by atoms with Crippen LogP contribution in [0.4, 0.5) is 0 Å². The lowest BCUT2D eigenvalue weighted by molar-refractivity contribution is -0.0999. The molecule has 1 N–H and O–H groups in total. The second-order valence-electron chi connectivity index (χ2n) is 11.5. The van der Waals surface area contributed by atoms with Crippen LogP contribution in [0.15, 0.2) is 6.07 Å². The molecule has 1 heterocycles. The third-order valence-electron chi connectivity index (χ3n) is 9.85. The van der Waals surface area contributed by atoms with Crippen LogP contribution in [0.2, 0.25) is 0 Å². The molecule has 4 fully saturated rings. The molecular formula is C25H39NOS. The highest BCUT2D eigenvalue weighted by atomic mass is 32.1. The number of hydrogen-bond acceptors (Lipinski definition) is 3. The van der Waals surface area contributed by atoms with Crippen LogP contribution >= 0.6 is 11.5 Å². The highest BCUT2D eigenvalue weighted by Gasteiger charge is 2.57. The van der Waals surface area contributed by atoms with E-state index >= 15 is 0 Å². The Morgan fingerprint density at radius 2 is 1.86 bits per heavy atom. The van der Waals surface area contributed by atoms with Gasteiger partial charge in [-0.05, 0) is 143 Å². The Morgan fingerprint density at radius 1 is 1.04 bits per heavy atom. The summed E-state index contributed by atoms with van der Waals surface area (Å²) >= 11 is 1.72. The van der Waals surface area contributed by atoms with Gasteiger partial charge in [0.1, 0.15) is 0 Å². The van der Waals surface area contributed by atoms with Crippen LogP contribution in [0.25, 0.3) is 0 Å². The minimum absolute atomic E-state index is 0.384. The number of aromatic nitrogens is 1. The second kappa shape index (κ2) is 7.08. The number of nitrogens with zero attached hydrogens (tertiary/aromatic N) is 1. The molecule has 0 amide bonds. The molecule has 1 aromatic heterocycles. The average molecular weight is 402 g/mol. The first-order valence-electron chi connectivity index (χ1n) is 12.0. The lowest BCUT2D eigenvalue weighted by Gasteiger charge is -2.57. The molecule has 0 spiro atoms. The number of fused-ring (bicyclic) bond motifs is 5. The van der Waals surface area contributed by atoms with Crippen LogP contribution in [0, 0.1) is 47.8 Å². The van der Waals surface area contributed by atoms with Crippen molar-refractivity contribution in [3.63, 3.8) is 0 Å². The fourth-order valence-corrected chi connectivity index (χ4v) is 9.26. The van der Waals surface area contributed by atoms with Gasteiger partial charge in [-0.2, -0.15) is 4.37 Å². The standard InChI is InChI=1S/C25H39NOS/c1-16-14-19(28-26-16)7-5-18-6-9-23-22-8-4-17-15-24(2,27)12-10-20(17)21(22)11-13-25(18,23)3/h14,17-18,20-23,27H,4-13,15H2,1-3H3/t17-,18+,20+,21-,22-,23+,24-,25-/m1/s1. The Labute approximate surface area is 175 Å². The van der Waals surface area contributed by atoms with Crippen LogP contribution < -0.4 is 0 Å². The molecule has 0 bridgehead atoms. The zero-order valence-corrected chi connectivity index (χ0v) is 18.9. The summed E-state index contributed by atoms with van der Waals surface area (Å²) in [6, 6.07) is 2.30. The second-order valence-corrected chi connectivity index (χ2v) is 12.4. The molecule has 8 atom stereocenters. The average Bonchev–Trinajstić information content (AvgIpc) is 3.21. The van der Waals surface area contributed by atoms with E-state index < -0.39 is 0 Å². The predicted molar refractivity (Wildman–Crippen MR) is 116 cm³/mol. The van der Waals surface area contributed by atoms with E-state index in [4.69, 9.17) is 0 Å². The molecule has 4 aliphatic rings. The van der Waals surface area contributed by atoms with E-state index in [0.29, 0.717) is 5.41 Å². The Hall–Kier alpha value is -0.410. The molecule has 156 valence electrons. The Balaban J connectivity index is 1.27. The van der Waals surface area contributed by atoms with E-state index in [-0.39, 0.29) is 5.60 Å². The molecule has 0 radical (unpaired) electrons. The van der Waals surface area contributed by atoms with Gasteiger partial charge >= 0.3 is 0 Å². The van der Waals surface area contributed by atoms with Crippen molar-refractivity contribution in [2.75, 3.05) is 0 Å². The van der Waals surface area contributed by atoms with E-state index in [1.165, 1.54) is 68.4 Å². The number of aryl methyl sites for hydroxylation is 2. The van der Waals surface area contributed by atoms with Gasteiger partial charge in [0.05, 0.1) is 11.3 Å². The maximum absolute atomic E-state index is 10.6. The highest BCUT2D eigenvalue weighted by molar-refractivity contribution is 7.05. The fraction of sp³-hybridized carbons (Fsp3) is 0.880. The van der Waals surface area contributed by atoms with E-state index in [1.807, 2.05) is 0 Å². The van der Waals surface area contributed by atoms with Crippen molar-refractivity contribution in [3.05, 3.63) is 16.6 Å². The van der Waals surface area contributed by atoms with Crippen LogP contribution in [0.1, 0.15) is 88.6 Å². The van der Waals surface area contributed by atoms with E-state index in [1.54, 1.807) is 11.5 Å². The Morgan fingerprint density at radius 3 is 2.64 bits per heavy atom. The molecule has 3 heteroatoms. The first-order valence-corrected chi connectivity index (χ1v) is 12.8. The molecule has 0 saturated heterocycles. The molecule has 0 unspecified atom stereocenters. The van der Waals surface area contributed by atoms with Gasteiger partial charge in [-0.1, -0.05) is 6.92 Å². The smallest absolute Gasteiger partial charge is 0.0622 e. The summed E-state index contributed by atoms with van der Waals surface area (Å²) in [5, 5.41) is 10.6. The minimum atomic E-state index is -0.384. The highest BCUT2D eigenvalue weighted by Crippen LogP contribution is 2.65. The van der Waals surface area contributed by atoms with Crippen LogP contribution in [-0.4, -0.2) is 15.1 Å². The number of aliphatic hydroxyl groups is 1. The van der Waals surface area contributed by atoms with Crippen LogP contribution in [0.5, 0.6) is 0 Å². The molecule has 2 nitrogen and oxygen atoms in total. The minimum Gasteiger partial charge on any atom is -0.390 e. The monoisotopic (exact) mass is 401 g/mol. The SMILES string of the molecule is Cc1cc(CC[C@H]2CC[C@H]3[C@@H]4CC[C@@H]5C[C@](C)(O)CC[C@@H]5[C@H]4CC[C@]23C)sn1. The van der Waals surface area contributed by atoms with Gasteiger partial charge in [-0.25, -0.2) is 0 Å². The summed E-state index contributed by atoms with van der Waals surface area (Å²) in [7, 11) is 0. The zero-order chi connectivity index (χ0) is 19.5. The number of rotatable bonds is 3. The van der Waals surface area contributed by atoms with Crippen molar-refractivity contribution < 1.29 is 5.11 Å². The van der Waals surface area contributed by atoms with Crippen molar-refractivity contribution in [3.8, 4) is 0 Å². The summed E-state index contributed by atoms with van der Waals surface area (Å²) in [5.41, 5.74) is 1.40. The molecular weight excluding hydrogens is 362 g/mol. The topological polar surface area (TPSA) is 33.1 Å². The summed E-state index contributed by atoms with van der Waals surface area (Å²) in [4.78, 5) is 1.49. The van der Waals surface area contributed by atoms with Crippen molar-refractivity contribution in [2.45, 2.75) is 97.0 Å². The third-order valence-corrected chi connectivity index (χ3v) is 10.8. The van der Waals surface area contributed by atoms with Gasteiger partial charge in [0.15, 0.2) is 0 Å². The molecule has 4 aliphatic carbocycles. The maximum Gasteiger partial charge on any atom is 0.0622 e. The van der Waals surface area contributed by atoms with E-state index in [9.17, 15) is 5.11 Å². The lowest BCUT2D eigenvalue weighted by atomic mass is 9.49. The molecule has 1 aromatic rings. The van der Waals surface area contributed by atoms with Crippen LogP contribution in [0.3, 0.4) is 0 Å². The largest absolute Gasteiger partial charge is 0.390 e. The Bertz CT molecular complexity index is 711. The van der Waals surface area contributed by atoms with Crippen molar-refractivity contribution in [1.82, 2.24) is 4.37 Å². The summed E-state index contributed by atoms with van der Waals surface area (Å²) in [5.74, 6) is 5.58. The third kappa shape index (κ3) is 3.29. The van der Waals surface area contributed by atoms with Crippen molar-refractivity contribution in [1.29, 1.82) is 0 Å². The quantitative estimate of drug-likeness (QED) is 0.635. The van der Waals surface area contributed by atoms with Crippen molar-refractivity contribution >= 4 is 11.5 Å². The van der Waals surface area contributed by atoms with Gasteiger partial charge in [0.2, 0.25) is 0 Å². The van der Waals surface area contributed by atoms with E-state index in [2.05, 4.69) is 31.2 Å². The van der Waals surface area contributed by atoms with Gasteiger partial charge < -0.3 is 5.11 Å². The fourth-order valence-electron chi connectivity index (χ4n) is 8.52. The van der Waals surface area contributed by atoms with Gasteiger partial charge in [-0.3, -0.25) is 0 Å². The van der Waals surface area contributed by atoms with Gasteiger partial charge in [0.25, 0.3) is 0 Å². The molecule has 28 heavy (non-hydrogen) atoms. The maximum atomic E-state index is 10.6. The molecule has 5 rings (SSSR count). The lowest BCUT2D eigenvalue weighted by Crippen LogP contribution is -2.50. The Kier molecular flexibility index (Phi) is 4.94. The zero-order valence-electron chi connectivity index (χ0n) is 18.1. The van der Waals surface area contributed by atoms with Crippen molar-refractivity contribution in [2.24, 2.45) is 40.9 Å². The van der Waals surface area contributed by atoms with Gasteiger partial charge in [0, 0.05) is 4.88 Å². The normalized spacial score (nSPS) is 48.0. The molecule has 4 saturated carbocycles. The summed E-state index contributed by atoms with van der Waals surface area (Å²) in [6.45, 7) is 6.87. The summed E-state index contributed by atoms with van der Waals surface area (Å²) < 4.78 is 4.49. The number of hydrogen-bond donors (Lipinski definition) is 1. The predicted octanol–water partition coefficient (Wildman–Crippen LogP) is 6.40. The van der Waals surface area contributed by atoms with E-state index in [0.717, 1.165) is 48.3 Å². The first-order chi connectivity index (χ1) is 13.4. The molecule has 0 aliphatic heterocycles.